The summed E-state index contributed by atoms with van der Waals surface area (Å²) < 4.78 is 10.5. The maximum absolute atomic E-state index is 13.7. The number of nitrogens with zero attached hydrogens (tertiary/aromatic N) is 2. The van der Waals surface area contributed by atoms with Gasteiger partial charge in [-0.1, -0.05) is 35.5 Å². The molecule has 1 atom stereocenters. The topological polar surface area (TPSA) is 96.2 Å². The first-order valence-corrected chi connectivity index (χ1v) is 13.1. The smallest absolute Gasteiger partial charge is 0.255 e. The van der Waals surface area contributed by atoms with E-state index in [1.165, 1.54) is 11.8 Å². The van der Waals surface area contributed by atoms with Crippen molar-refractivity contribution in [2.75, 3.05) is 12.4 Å². The van der Waals surface area contributed by atoms with Crippen LogP contribution < -0.4 is 15.4 Å². The van der Waals surface area contributed by atoms with E-state index in [2.05, 4.69) is 10.6 Å². The van der Waals surface area contributed by atoms with Crippen LogP contribution in [0.2, 0.25) is 5.02 Å². The molecule has 38 heavy (non-hydrogen) atoms. The van der Waals surface area contributed by atoms with Gasteiger partial charge >= 0.3 is 0 Å². The minimum Gasteiger partial charge on any atom is -0.497 e. The third-order valence-corrected chi connectivity index (χ3v) is 7.26. The standard InChI is InChI=1S/C28H25ClN4O4S/c1-17-25(27(35)32-20-8-10-22(36-2)11-9-20)26(18-5-3-6-19(29)13-18)33-21(16-38-28(33)31-17)14-24(34)30-15-23-7-4-12-37-23/h3-13,16,26H,14-15H2,1-2H3,(H,30,34)(H,32,35)/t26-/m1/s1. The number of furan rings is 1. The van der Waals surface area contributed by atoms with Crippen LogP contribution in [0.1, 0.15) is 30.7 Å². The van der Waals surface area contributed by atoms with Crippen molar-refractivity contribution >= 4 is 46.0 Å². The van der Waals surface area contributed by atoms with Gasteiger partial charge in [0.25, 0.3) is 5.91 Å². The third-order valence-electron chi connectivity index (χ3n) is 6.14. The quantitative estimate of drug-likeness (QED) is 0.366. The van der Waals surface area contributed by atoms with Crippen LogP contribution in [0.4, 0.5) is 5.69 Å². The van der Waals surface area contributed by atoms with Crippen molar-refractivity contribution in [2.24, 2.45) is 4.99 Å². The number of carbonyl (C=O) groups is 2. The number of hydrogen-bond acceptors (Lipinski definition) is 7. The molecular weight excluding hydrogens is 524 g/mol. The average molecular weight is 549 g/mol. The Morgan fingerprint density at radius 2 is 1.97 bits per heavy atom. The molecule has 0 bridgehead atoms. The first kappa shape index (κ1) is 25.7. The number of methoxy groups -OCH3 is 1. The Hall–Kier alpha value is -3.95. The summed E-state index contributed by atoms with van der Waals surface area (Å²) >= 11 is 7.79. The molecule has 0 fully saturated rings. The first-order valence-electron chi connectivity index (χ1n) is 11.9. The van der Waals surface area contributed by atoms with Gasteiger partial charge in [0, 0.05) is 16.4 Å². The molecule has 5 rings (SSSR count). The number of carbonyl (C=O) groups excluding carboxylic acids is 2. The highest BCUT2D eigenvalue weighted by Crippen LogP contribution is 2.45. The molecule has 2 amide bonds. The Morgan fingerprint density at radius 1 is 1.16 bits per heavy atom. The van der Waals surface area contributed by atoms with Crippen LogP contribution in [-0.4, -0.2) is 29.0 Å². The Kier molecular flexibility index (Phi) is 7.57. The molecule has 2 N–H and O–H groups in total. The second-order valence-corrected chi connectivity index (χ2v) is 9.94. The second kappa shape index (κ2) is 11.2. The number of amides is 2. The summed E-state index contributed by atoms with van der Waals surface area (Å²) in [6.07, 6.45) is 1.67. The number of halogens is 1. The molecule has 194 valence electrons. The number of allylic oxidation sites excluding steroid dienone is 1. The fourth-order valence-corrected chi connectivity index (χ4v) is 5.51. The average Bonchev–Trinajstić information content (AvgIpc) is 3.57. The highest BCUT2D eigenvalue weighted by Gasteiger charge is 2.40. The van der Waals surface area contributed by atoms with Crippen LogP contribution in [0.25, 0.3) is 0 Å². The molecule has 0 aliphatic carbocycles. The van der Waals surface area contributed by atoms with Crippen molar-refractivity contribution in [3.05, 3.63) is 106 Å². The molecule has 0 saturated heterocycles. The predicted molar refractivity (Wildman–Crippen MR) is 149 cm³/mol. The molecule has 3 heterocycles. The number of aliphatic imine (C=N–C) groups is 1. The molecule has 1 aromatic heterocycles. The minimum atomic E-state index is -0.529. The van der Waals surface area contributed by atoms with Gasteiger partial charge in [-0.2, -0.15) is 0 Å². The number of amidine groups is 1. The van der Waals surface area contributed by atoms with Gasteiger partial charge in [0.05, 0.1) is 43.7 Å². The zero-order valence-electron chi connectivity index (χ0n) is 20.7. The Balaban J connectivity index is 1.44. The zero-order chi connectivity index (χ0) is 26.6. The number of ether oxygens (including phenoxy) is 1. The lowest BCUT2D eigenvalue weighted by Crippen LogP contribution is -2.38. The van der Waals surface area contributed by atoms with Gasteiger partial charge in [-0.05, 0) is 66.4 Å². The van der Waals surface area contributed by atoms with E-state index in [1.807, 2.05) is 35.4 Å². The Bertz CT molecular complexity index is 1450. The summed E-state index contributed by atoms with van der Waals surface area (Å²) in [4.78, 5) is 33.2. The molecule has 0 saturated carbocycles. The molecule has 2 aliphatic rings. The van der Waals surface area contributed by atoms with Gasteiger partial charge in [-0.3, -0.25) is 9.59 Å². The van der Waals surface area contributed by atoms with Crippen LogP contribution in [0.15, 0.2) is 98.7 Å². The van der Waals surface area contributed by atoms with Crippen molar-refractivity contribution < 1.29 is 18.7 Å². The summed E-state index contributed by atoms with van der Waals surface area (Å²) in [7, 11) is 1.59. The summed E-state index contributed by atoms with van der Waals surface area (Å²) in [5, 5.41) is 9.01. The largest absolute Gasteiger partial charge is 0.497 e. The third kappa shape index (κ3) is 5.49. The lowest BCUT2D eigenvalue weighted by Gasteiger charge is -2.36. The van der Waals surface area contributed by atoms with E-state index < -0.39 is 6.04 Å². The van der Waals surface area contributed by atoms with Crippen LogP contribution in [-0.2, 0) is 16.1 Å². The summed E-state index contributed by atoms with van der Waals surface area (Å²) in [6.45, 7) is 2.11. The van der Waals surface area contributed by atoms with Crippen LogP contribution in [0.3, 0.4) is 0 Å². The van der Waals surface area contributed by atoms with E-state index in [1.54, 1.807) is 55.8 Å². The highest BCUT2D eigenvalue weighted by atomic mass is 35.5. The van der Waals surface area contributed by atoms with Gasteiger partial charge in [-0.15, -0.1) is 0 Å². The van der Waals surface area contributed by atoms with Gasteiger partial charge in [-0.25, -0.2) is 4.99 Å². The van der Waals surface area contributed by atoms with Crippen molar-refractivity contribution in [3.63, 3.8) is 0 Å². The number of benzene rings is 2. The molecular formula is C28H25ClN4O4S. The molecule has 2 aromatic carbocycles. The van der Waals surface area contributed by atoms with Crippen LogP contribution >= 0.6 is 23.4 Å². The maximum Gasteiger partial charge on any atom is 0.255 e. The molecule has 0 unspecified atom stereocenters. The van der Waals surface area contributed by atoms with E-state index in [-0.39, 0.29) is 18.2 Å². The molecule has 0 radical (unpaired) electrons. The van der Waals surface area contributed by atoms with Gasteiger partial charge < -0.3 is 24.7 Å². The van der Waals surface area contributed by atoms with E-state index in [9.17, 15) is 9.59 Å². The van der Waals surface area contributed by atoms with Gasteiger partial charge in [0.15, 0.2) is 5.17 Å². The normalized spacial score (nSPS) is 16.5. The Labute approximate surface area is 229 Å². The molecule has 2 aliphatic heterocycles. The van der Waals surface area contributed by atoms with Crippen molar-refractivity contribution in [1.29, 1.82) is 0 Å². The number of anilines is 1. The predicted octanol–water partition coefficient (Wildman–Crippen LogP) is 5.86. The number of fused-ring (bicyclic) bond motifs is 1. The van der Waals surface area contributed by atoms with Crippen LogP contribution in [0.5, 0.6) is 5.75 Å². The first-order chi connectivity index (χ1) is 18.4. The van der Waals surface area contributed by atoms with E-state index in [4.69, 9.17) is 25.7 Å². The van der Waals surface area contributed by atoms with E-state index in [0.29, 0.717) is 45.2 Å². The van der Waals surface area contributed by atoms with Crippen molar-refractivity contribution in [2.45, 2.75) is 25.9 Å². The lowest BCUT2D eigenvalue weighted by molar-refractivity contribution is -0.120. The zero-order valence-corrected chi connectivity index (χ0v) is 22.3. The van der Waals surface area contributed by atoms with Gasteiger partial charge in [0.1, 0.15) is 11.5 Å². The highest BCUT2D eigenvalue weighted by molar-refractivity contribution is 8.16. The monoisotopic (exact) mass is 548 g/mol. The molecule has 0 spiro atoms. The molecule has 8 nitrogen and oxygen atoms in total. The van der Waals surface area contributed by atoms with E-state index >= 15 is 0 Å². The van der Waals surface area contributed by atoms with Crippen molar-refractivity contribution in [1.82, 2.24) is 10.2 Å². The van der Waals surface area contributed by atoms with Gasteiger partial charge in [0.2, 0.25) is 5.91 Å². The number of rotatable bonds is 8. The second-order valence-electron chi connectivity index (χ2n) is 8.66. The Morgan fingerprint density at radius 3 is 2.68 bits per heavy atom. The van der Waals surface area contributed by atoms with Crippen molar-refractivity contribution in [3.8, 4) is 5.75 Å². The van der Waals surface area contributed by atoms with Crippen LogP contribution in [0, 0.1) is 0 Å². The molecule has 3 aromatic rings. The summed E-state index contributed by atoms with van der Waals surface area (Å²) in [5.41, 5.74) is 3.24. The maximum atomic E-state index is 13.7. The fraction of sp³-hybridized carbons (Fsp3) is 0.179. The number of thioether (sulfide) groups is 1. The number of hydrogen-bond donors (Lipinski definition) is 2. The SMILES string of the molecule is COc1ccc(NC(=O)C2=C(C)N=C3SC=C(CC(=O)NCc4ccco4)N3[C@@H]2c2cccc(Cl)c2)cc1. The number of nitrogens with one attached hydrogen (secondary N) is 2. The summed E-state index contributed by atoms with van der Waals surface area (Å²) in [5.74, 6) is 0.895. The lowest BCUT2D eigenvalue weighted by atomic mass is 9.93. The molecule has 10 heteroatoms. The fourth-order valence-electron chi connectivity index (χ4n) is 4.35. The minimum absolute atomic E-state index is 0.107. The van der Waals surface area contributed by atoms with E-state index in [0.717, 1.165) is 11.3 Å². The summed E-state index contributed by atoms with van der Waals surface area (Å²) in [6, 6.07) is 17.5.